The van der Waals surface area contributed by atoms with Crippen molar-refractivity contribution in [1.82, 2.24) is 15.5 Å². The number of amides is 2. The Morgan fingerprint density at radius 3 is 2.23 bits per heavy atom. The Bertz CT molecular complexity index is 978. The number of halogens is 2. The summed E-state index contributed by atoms with van der Waals surface area (Å²) >= 11 is 11.8. The maximum absolute atomic E-state index is 12.6. The standard InChI is InChI=1S/C20H21Cl2N5O4/c21-13-3-1-12(2-4-13)9-17(18-26-20(31-27-18)24-16(10-28)11-29)25-19(30)23-15-7-5-14(22)6-8-15/h1-8,16-17,28-29H,9-11H2,(H2,23,25,30)(H,24,26,27). The lowest BCUT2D eigenvalue weighted by atomic mass is 10.1. The molecule has 0 spiro atoms. The average Bonchev–Trinajstić information content (AvgIpc) is 3.23. The molecule has 1 heterocycles. The number of aliphatic hydroxyl groups excluding tert-OH is 2. The van der Waals surface area contributed by atoms with Crippen molar-refractivity contribution in [2.45, 2.75) is 18.5 Å². The van der Waals surface area contributed by atoms with Gasteiger partial charge in [0, 0.05) is 22.2 Å². The maximum Gasteiger partial charge on any atom is 0.321 e. The van der Waals surface area contributed by atoms with Crippen molar-refractivity contribution in [2.24, 2.45) is 0 Å². The number of urea groups is 1. The number of carbonyl (C=O) groups is 1. The summed E-state index contributed by atoms with van der Waals surface area (Å²) in [6, 6.07) is 12.1. The summed E-state index contributed by atoms with van der Waals surface area (Å²) in [7, 11) is 0. The number of nitrogens with zero attached hydrogens (tertiary/aromatic N) is 2. The van der Waals surface area contributed by atoms with E-state index in [4.69, 9.17) is 27.7 Å². The van der Waals surface area contributed by atoms with Gasteiger partial charge in [-0.3, -0.25) is 0 Å². The zero-order valence-corrected chi connectivity index (χ0v) is 17.8. The Morgan fingerprint density at radius 2 is 1.61 bits per heavy atom. The van der Waals surface area contributed by atoms with Gasteiger partial charge in [-0.05, 0) is 42.0 Å². The lowest BCUT2D eigenvalue weighted by molar-refractivity contribution is 0.201. The van der Waals surface area contributed by atoms with Crippen LogP contribution in [0, 0.1) is 0 Å². The fourth-order valence-electron chi connectivity index (χ4n) is 2.68. The zero-order valence-electron chi connectivity index (χ0n) is 16.3. The minimum atomic E-state index is -0.649. The fraction of sp³-hybridized carbons (Fsp3) is 0.250. The number of nitrogens with one attached hydrogen (secondary N) is 3. The summed E-state index contributed by atoms with van der Waals surface area (Å²) in [4.78, 5) is 16.8. The molecule has 0 fully saturated rings. The number of hydrogen-bond acceptors (Lipinski definition) is 7. The van der Waals surface area contributed by atoms with E-state index in [1.54, 1.807) is 36.4 Å². The Morgan fingerprint density at radius 1 is 1.00 bits per heavy atom. The number of anilines is 2. The van der Waals surface area contributed by atoms with Crippen molar-refractivity contribution in [3.8, 4) is 0 Å². The van der Waals surface area contributed by atoms with Crippen molar-refractivity contribution in [1.29, 1.82) is 0 Å². The highest BCUT2D eigenvalue weighted by Gasteiger charge is 2.22. The van der Waals surface area contributed by atoms with E-state index in [0.29, 0.717) is 22.2 Å². The summed E-state index contributed by atoms with van der Waals surface area (Å²) in [6.07, 6.45) is 0.369. The molecule has 2 amide bonds. The van der Waals surface area contributed by atoms with Crippen molar-refractivity contribution < 1.29 is 19.5 Å². The third kappa shape index (κ3) is 6.83. The second-order valence-corrected chi connectivity index (χ2v) is 7.53. The van der Waals surface area contributed by atoms with Crippen LogP contribution in [0.1, 0.15) is 17.4 Å². The molecule has 2 aromatic carbocycles. The number of aromatic nitrogens is 2. The summed E-state index contributed by atoms with van der Waals surface area (Å²) in [5.74, 6) is 0.221. The minimum Gasteiger partial charge on any atom is -0.394 e. The quantitative estimate of drug-likeness (QED) is 0.327. The Hall–Kier alpha value is -2.85. The van der Waals surface area contributed by atoms with Crippen LogP contribution in [0.4, 0.5) is 16.5 Å². The van der Waals surface area contributed by atoms with Gasteiger partial charge in [-0.25, -0.2) is 4.79 Å². The molecule has 5 N–H and O–H groups in total. The molecule has 164 valence electrons. The van der Waals surface area contributed by atoms with E-state index in [1.165, 1.54) is 0 Å². The van der Waals surface area contributed by atoms with Gasteiger partial charge in [-0.2, -0.15) is 4.98 Å². The summed E-state index contributed by atoms with van der Waals surface area (Å²) in [5, 5.41) is 31.8. The van der Waals surface area contributed by atoms with Crippen LogP contribution in [0.25, 0.3) is 0 Å². The van der Waals surface area contributed by atoms with E-state index < -0.39 is 18.1 Å². The Labute approximate surface area is 188 Å². The zero-order chi connectivity index (χ0) is 22.2. The van der Waals surface area contributed by atoms with Gasteiger partial charge in [0.25, 0.3) is 0 Å². The van der Waals surface area contributed by atoms with Crippen LogP contribution in [-0.4, -0.2) is 45.6 Å². The number of hydrogen-bond donors (Lipinski definition) is 5. The predicted octanol–water partition coefficient (Wildman–Crippen LogP) is 3.25. The number of aliphatic hydroxyl groups is 2. The molecule has 0 aliphatic rings. The number of rotatable bonds is 9. The van der Waals surface area contributed by atoms with Crippen LogP contribution < -0.4 is 16.0 Å². The van der Waals surface area contributed by atoms with E-state index in [2.05, 4.69) is 26.1 Å². The molecule has 0 saturated heterocycles. The normalized spacial score (nSPS) is 11.9. The monoisotopic (exact) mass is 465 g/mol. The third-order valence-electron chi connectivity index (χ3n) is 4.28. The van der Waals surface area contributed by atoms with Crippen molar-refractivity contribution in [3.05, 3.63) is 70.0 Å². The van der Waals surface area contributed by atoms with Crippen LogP contribution >= 0.6 is 23.2 Å². The highest BCUT2D eigenvalue weighted by Crippen LogP contribution is 2.20. The molecule has 1 unspecified atom stereocenters. The van der Waals surface area contributed by atoms with Crippen LogP contribution in [0.15, 0.2) is 53.1 Å². The first-order chi connectivity index (χ1) is 15.0. The highest BCUT2D eigenvalue weighted by molar-refractivity contribution is 6.30. The van der Waals surface area contributed by atoms with E-state index in [9.17, 15) is 15.0 Å². The predicted molar refractivity (Wildman–Crippen MR) is 117 cm³/mol. The average molecular weight is 466 g/mol. The summed E-state index contributed by atoms with van der Waals surface area (Å²) < 4.78 is 5.15. The molecule has 0 aliphatic carbocycles. The van der Waals surface area contributed by atoms with Gasteiger partial charge < -0.3 is 30.7 Å². The van der Waals surface area contributed by atoms with Crippen molar-refractivity contribution >= 4 is 40.9 Å². The third-order valence-corrected chi connectivity index (χ3v) is 4.79. The molecule has 3 aromatic rings. The number of carbonyl (C=O) groups excluding carboxylic acids is 1. The van der Waals surface area contributed by atoms with E-state index >= 15 is 0 Å². The topological polar surface area (TPSA) is 133 Å². The van der Waals surface area contributed by atoms with Gasteiger partial charge in [0.1, 0.15) is 0 Å². The van der Waals surface area contributed by atoms with Gasteiger partial charge in [-0.15, -0.1) is 0 Å². The Balaban J connectivity index is 1.75. The van der Waals surface area contributed by atoms with E-state index in [1.807, 2.05) is 12.1 Å². The molecule has 1 aromatic heterocycles. The van der Waals surface area contributed by atoms with Crippen molar-refractivity contribution in [2.75, 3.05) is 23.8 Å². The van der Waals surface area contributed by atoms with E-state index in [0.717, 1.165) is 5.56 Å². The molecule has 11 heteroatoms. The fourth-order valence-corrected chi connectivity index (χ4v) is 2.93. The lowest BCUT2D eigenvalue weighted by Crippen LogP contribution is -2.34. The first-order valence-electron chi connectivity index (χ1n) is 9.36. The molecule has 0 bridgehead atoms. The SMILES string of the molecule is O=C(Nc1ccc(Cl)cc1)NC(Cc1ccc(Cl)cc1)c1noc(NC(CO)CO)n1. The molecule has 0 saturated carbocycles. The highest BCUT2D eigenvalue weighted by atomic mass is 35.5. The molecule has 1 atom stereocenters. The molecular formula is C20H21Cl2N5O4. The molecule has 31 heavy (non-hydrogen) atoms. The van der Waals surface area contributed by atoms with Crippen LogP contribution in [0.2, 0.25) is 10.0 Å². The van der Waals surface area contributed by atoms with Gasteiger partial charge in [0.05, 0.1) is 25.3 Å². The first-order valence-corrected chi connectivity index (χ1v) is 10.1. The maximum atomic E-state index is 12.6. The summed E-state index contributed by atoms with van der Waals surface area (Å²) in [6.45, 7) is -0.631. The largest absolute Gasteiger partial charge is 0.394 e. The van der Waals surface area contributed by atoms with Crippen LogP contribution in [0.3, 0.4) is 0 Å². The molecule has 0 radical (unpaired) electrons. The molecular weight excluding hydrogens is 445 g/mol. The lowest BCUT2D eigenvalue weighted by Gasteiger charge is -2.16. The molecule has 9 nitrogen and oxygen atoms in total. The van der Waals surface area contributed by atoms with Gasteiger partial charge in [0.15, 0.2) is 5.82 Å². The second kappa shape index (κ2) is 11.0. The van der Waals surface area contributed by atoms with Crippen molar-refractivity contribution in [3.63, 3.8) is 0 Å². The Kier molecular flexibility index (Phi) is 8.07. The molecule has 0 aliphatic heterocycles. The minimum absolute atomic E-state index is 0.0177. The van der Waals surface area contributed by atoms with Gasteiger partial charge >= 0.3 is 12.0 Å². The smallest absolute Gasteiger partial charge is 0.321 e. The molecule has 3 rings (SSSR count). The number of benzene rings is 2. The second-order valence-electron chi connectivity index (χ2n) is 6.65. The van der Waals surface area contributed by atoms with Crippen LogP contribution in [0.5, 0.6) is 0 Å². The first kappa shape index (κ1) is 22.8. The summed E-state index contributed by atoms with van der Waals surface area (Å²) in [5.41, 5.74) is 1.46. The van der Waals surface area contributed by atoms with Gasteiger partial charge in [-0.1, -0.05) is 40.5 Å². The van der Waals surface area contributed by atoms with Gasteiger partial charge in [0.2, 0.25) is 0 Å². The van der Waals surface area contributed by atoms with E-state index in [-0.39, 0.29) is 25.1 Å². The van der Waals surface area contributed by atoms with Crippen LogP contribution in [-0.2, 0) is 6.42 Å².